The molecular weight excluding hydrogens is 324 g/mol. The first-order valence-corrected chi connectivity index (χ1v) is 8.49. The van der Waals surface area contributed by atoms with Gasteiger partial charge in [-0.3, -0.25) is 14.6 Å². The highest BCUT2D eigenvalue weighted by Crippen LogP contribution is 2.10. The lowest BCUT2D eigenvalue weighted by molar-refractivity contribution is -0.129. The maximum absolute atomic E-state index is 12.3. The van der Waals surface area contributed by atoms with Crippen molar-refractivity contribution < 1.29 is 9.59 Å². The number of carbonyl (C=O) groups excluding carboxylic acids is 2. The summed E-state index contributed by atoms with van der Waals surface area (Å²) < 4.78 is 0. The zero-order valence-electron chi connectivity index (χ0n) is 13.6. The molecule has 24 heavy (non-hydrogen) atoms. The second-order valence-corrected chi connectivity index (χ2v) is 6.60. The number of hydrogen-bond acceptors (Lipinski definition) is 5. The number of hydrogen-bond donors (Lipinski definition) is 2. The van der Waals surface area contributed by atoms with Crippen LogP contribution < -0.4 is 10.7 Å². The molecule has 2 amide bonds. The Labute approximate surface area is 145 Å². The molecule has 1 atom stereocenters. The van der Waals surface area contributed by atoms with Gasteiger partial charge in [0.1, 0.15) is 6.04 Å². The highest BCUT2D eigenvalue weighted by molar-refractivity contribution is 7.10. The highest BCUT2D eigenvalue weighted by atomic mass is 32.1. The van der Waals surface area contributed by atoms with E-state index in [4.69, 9.17) is 0 Å². The fraction of sp³-hybridized carbons (Fsp3) is 0.294. The van der Waals surface area contributed by atoms with Crippen LogP contribution in [0.1, 0.15) is 24.3 Å². The molecule has 0 aliphatic carbocycles. The Morgan fingerprint density at radius 1 is 1.33 bits per heavy atom. The molecule has 2 aromatic rings. The van der Waals surface area contributed by atoms with E-state index < -0.39 is 6.04 Å². The van der Waals surface area contributed by atoms with E-state index in [0.717, 1.165) is 10.4 Å². The summed E-state index contributed by atoms with van der Waals surface area (Å²) in [5.74, 6) is -0.571. The number of amides is 2. The van der Waals surface area contributed by atoms with Crippen LogP contribution in [0.15, 0.2) is 47.1 Å². The number of nitrogens with zero attached hydrogens (tertiary/aromatic N) is 2. The Bertz CT molecular complexity index is 684. The van der Waals surface area contributed by atoms with Gasteiger partial charge >= 0.3 is 0 Å². The van der Waals surface area contributed by atoms with Crippen LogP contribution in [0.25, 0.3) is 0 Å². The van der Waals surface area contributed by atoms with Crippen LogP contribution in [0, 0.1) is 5.92 Å². The standard InChI is InChI=1S/C17H20N4O2S/c1-12(2)16(20-15(22)9-14-6-4-8-24-14)17(23)21-19-11-13-5-3-7-18-10-13/h3-8,10-12,16H,9H2,1-2H3,(H,20,22)(H,21,23)/b19-11+. The predicted molar refractivity (Wildman–Crippen MR) is 94.8 cm³/mol. The summed E-state index contributed by atoms with van der Waals surface area (Å²) in [5, 5.41) is 8.61. The second-order valence-electron chi connectivity index (χ2n) is 5.57. The van der Waals surface area contributed by atoms with Gasteiger partial charge in [0.15, 0.2) is 0 Å². The number of carbonyl (C=O) groups is 2. The molecule has 0 saturated heterocycles. The highest BCUT2D eigenvalue weighted by Gasteiger charge is 2.24. The quantitative estimate of drug-likeness (QED) is 0.595. The third-order valence-corrected chi connectivity index (χ3v) is 4.13. The topological polar surface area (TPSA) is 83.5 Å². The van der Waals surface area contributed by atoms with Crippen LogP contribution in [0.3, 0.4) is 0 Å². The van der Waals surface area contributed by atoms with Gasteiger partial charge in [-0.1, -0.05) is 26.0 Å². The van der Waals surface area contributed by atoms with E-state index in [9.17, 15) is 9.59 Å². The first-order valence-electron chi connectivity index (χ1n) is 7.61. The van der Waals surface area contributed by atoms with Gasteiger partial charge in [-0.2, -0.15) is 5.10 Å². The average Bonchev–Trinajstić information content (AvgIpc) is 3.06. The van der Waals surface area contributed by atoms with Gasteiger partial charge in [0, 0.05) is 22.8 Å². The van der Waals surface area contributed by atoms with E-state index >= 15 is 0 Å². The molecule has 0 radical (unpaired) electrons. The number of thiophene rings is 1. The van der Waals surface area contributed by atoms with Crippen molar-refractivity contribution in [2.45, 2.75) is 26.3 Å². The van der Waals surface area contributed by atoms with Gasteiger partial charge in [-0.25, -0.2) is 5.43 Å². The molecule has 2 N–H and O–H groups in total. The summed E-state index contributed by atoms with van der Waals surface area (Å²) in [6.45, 7) is 3.75. The Balaban J connectivity index is 1.90. The van der Waals surface area contributed by atoms with E-state index in [1.54, 1.807) is 18.5 Å². The lowest BCUT2D eigenvalue weighted by atomic mass is 10.0. The van der Waals surface area contributed by atoms with Gasteiger partial charge in [0.25, 0.3) is 5.91 Å². The number of pyridine rings is 1. The van der Waals surface area contributed by atoms with Crippen LogP contribution in [0.4, 0.5) is 0 Å². The Morgan fingerprint density at radius 3 is 2.79 bits per heavy atom. The van der Waals surface area contributed by atoms with E-state index in [1.807, 2.05) is 37.4 Å². The van der Waals surface area contributed by atoms with Crippen LogP contribution >= 0.6 is 11.3 Å². The molecule has 7 heteroatoms. The average molecular weight is 344 g/mol. The summed E-state index contributed by atoms with van der Waals surface area (Å²) in [4.78, 5) is 29.3. The molecule has 2 aromatic heterocycles. The van der Waals surface area contributed by atoms with Crippen LogP contribution in [0.2, 0.25) is 0 Å². The molecule has 1 unspecified atom stereocenters. The summed E-state index contributed by atoms with van der Waals surface area (Å²) in [7, 11) is 0. The molecule has 2 rings (SSSR count). The first-order chi connectivity index (χ1) is 11.6. The van der Waals surface area contributed by atoms with Crippen LogP contribution in [-0.2, 0) is 16.0 Å². The molecule has 0 bridgehead atoms. The normalized spacial score (nSPS) is 12.3. The van der Waals surface area contributed by atoms with Crippen molar-refractivity contribution in [1.29, 1.82) is 0 Å². The van der Waals surface area contributed by atoms with Crippen molar-refractivity contribution in [2.75, 3.05) is 0 Å². The van der Waals surface area contributed by atoms with Crippen molar-refractivity contribution in [2.24, 2.45) is 11.0 Å². The fourth-order valence-electron chi connectivity index (χ4n) is 2.02. The lowest BCUT2D eigenvalue weighted by Gasteiger charge is -2.20. The molecule has 0 aliphatic heterocycles. The van der Waals surface area contributed by atoms with Gasteiger partial charge in [-0.15, -0.1) is 11.3 Å². The third kappa shape index (κ3) is 5.58. The fourth-order valence-corrected chi connectivity index (χ4v) is 2.73. The molecule has 6 nitrogen and oxygen atoms in total. The molecule has 126 valence electrons. The zero-order valence-corrected chi connectivity index (χ0v) is 14.4. The monoisotopic (exact) mass is 344 g/mol. The van der Waals surface area contributed by atoms with Gasteiger partial charge in [0.05, 0.1) is 12.6 Å². The zero-order chi connectivity index (χ0) is 17.4. The number of hydrazone groups is 1. The van der Waals surface area contributed by atoms with Crippen molar-refractivity contribution in [3.63, 3.8) is 0 Å². The molecule has 2 heterocycles. The van der Waals surface area contributed by atoms with Crippen molar-refractivity contribution in [3.05, 3.63) is 52.5 Å². The summed E-state index contributed by atoms with van der Waals surface area (Å²) >= 11 is 1.52. The molecule has 0 aromatic carbocycles. The number of nitrogens with one attached hydrogen (secondary N) is 2. The van der Waals surface area contributed by atoms with E-state index in [1.165, 1.54) is 17.6 Å². The Morgan fingerprint density at radius 2 is 2.17 bits per heavy atom. The minimum absolute atomic E-state index is 0.0501. The minimum atomic E-state index is -0.636. The Hall–Kier alpha value is -2.54. The van der Waals surface area contributed by atoms with Crippen LogP contribution in [0.5, 0.6) is 0 Å². The number of rotatable bonds is 7. The smallest absolute Gasteiger partial charge is 0.262 e. The van der Waals surface area contributed by atoms with Gasteiger partial charge < -0.3 is 5.32 Å². The molecule has 0 fully saturated rings. The maximum Gasteiger partial charge on any atom is 0.262 e. The molecule has 0 aliphatic rings. The van der Waals surface area contributed by atoms with E-state index in [0.29, 0.717) is 0 Å². The molecular formula is C17H20N4O2S. The van der Waals surface area contributed by atoms with E-state index in [2.05, 4.69) is 20.8 Å². The van der Waals surface area contributed by atoms with Crippen molar-refractivity contribution >= 4 is 29.4 Å². The SMILES string of the molecule is CC(C)C(NC(=O)Cc1cccs1)C(=O)N/N=C/c1cccnc1. The third-order valence-electron chi connectivity index (χ3n) is 3.25. The molecule has 0 spiro atoms. The van der Waals surface area contributed by atoms with Crippen molar-refractivity contribution in [3.8, 4) is 0 Å². The largest absolute Gasteiger partial charge is 0.344 e. The van der Waals surface area contributed by atoms with Gasteiger partial charge in [0.2, 0.25) is 5.91 Å². The second kappa shape index (κ2) is 8.93. The number of aromatic nitrogens is 1. The summed E-state index contributed by atoms with van der Waals surface area (Å²) in [6.07, 6.45) is 5.08. The summed E-state index contributed by atoms with van der Waals surface area (Å²) in [5.41, 5.74) is 3.25. The predicted octanol–water partition coefficient (Wildman–Crippen LogP) is 1.98. The van der Waals surface area contributed by atoms with Crippen molar-refractivity contribution in [1.82, 2.24) is 15.7 Å². The lowest BCUT2D eigenvalue weighted by Crippen LogP contribution is -2.49. The maximum atomic E-state index is 12.3. The Kier molecular flexibility index (Phi) is 6.62. The van der Waals surface area contributed by atoms with Crippen LogP contribution in [-0.4, -0.2) is 29.1 Å². The first kappa shape index (κ1) is 17.8. The summed E-state index contributed by atoms with van der Waals surface area (Å²) in [6, 6.07) is 6.76. The molecule has 0 saturated carbocycles. The van der Waals surface area contributed by atoms with E-state index in [-0.39, 0.29) is 24.2 Å². The van der Waals surface area contributed by atoms with Gasteiger partial charge in [-0.05, 0) is 23.4 Å². The minimum Gasteiger partial charge on any atom is -0.344 e.